The van der Waals surface area contributed by atoms with Crippen molar-refractivity contribution in [3.63, 3.8) is 0 Å². The molecule has 0 atom stereocenters. The number of pyridine rings is 1. The predicted molar refractivity (Wildman–Crippen MR) is 95.7 cm³/mol. The molecule has 162 valence electrons. The minimum Gasteiger partial charge on any atom is -0.468 e. The van der Waals surface area contributed by atoms with Gasteiger partial charge < -0.3 is 14.2 Å². The van der Waals surface area contributed by atoms with Crippen LogP contribution in [0.4, 0.5) is 18.9 Å². The van der Waals surface area contributed by atoms with Gasteiger partial charge in [0.05, 0.1) is 42.1 Å². The van der Waals surface area contributed by atoms with Crippen LogP contribution in [-0.2, 0) is 19.5 Å². The molecular formula is C17H15F3N2O7S. The Balaban J connectivity index is 2.30. The number of carbonyl (C=O) groups excluding carboxylic acids is 2. The van der Waals surface area contributed by atoms with Gasteiger partial charge in [-0.15, -0.1) is 0 Å². The number of alkyl halides is 3. The van der Waals surface area contributed by atoms with E-state index in [9.17, 15) is 31.2 Å². The number of ether oxygens (including phenoxy) is 3. The number of nitrogens with one attached hydrogen (secondary N) is 1. The number of carbonyl (C=O) groups is 2. The second-order valence-electron chi connectivity index (χ2n) is 5.62. The average molecular weight is 448 g/mol. The van der Waals surface area contributed by atoms with Gasteiger partial charge in [0, 0.05) is 6.07 Å². The van der Waals surface area contributed by atoms with Gasteiger partial charge in [-0.25, -0.2) is 23.0 Å². The SMILES string of the molecule is COC(=O)c1cc(C(=O)OC)cc(S(=O)(=O)Nc2ccc(OCC(F)(F)F)nc2)c1. The molecule has 1 aromatic heterocycles. The van der Waals surface area contributed by atoms with Crippen LogP contribution in [0.15, 0.2) is 41.4 Å². The maximum absolute atomic E-state index is 12.6. The molecule has 2 rings (SSSR count). The molecule has 1 heterocycles. The Morgan fingerprint density at radius 3 is 2.03 bits per heavy atom. The Morgan fingerprint density at radius 2 is 1.60 bits per heavy atom. The average Bonchev–Trinajstić information content (AvgIpc) is 2.70. The van der Waals surface area contributed by atoms with E-state index in [4.69, 9.17) is 0 Å². The van der Waals surface area contributed by atoms with Crippen molar-refractivity contribution in [1.82, 2.24) is 4.98 Å². The van der Waals surface area contributed by atoms with Gasteiger partial charge in [0.2, 0.25) is 5.88 Å². The summed E-state index contributed by atoms with van der Waals surface area (Å²) < 4.78 is 77.4. The van der Waals surface area contributed by atoms with Crippen molar-refractivity contribution in [3.05, 3.63) is 47.7 Å². The zero-order valence-electron chi connectivity index (χ0n) is 15.5. The molecule has 2 aromatic rings. The molecule has 0 bridgehead atoms. The third-order valence-corrected chi connectivity index (χ3v) is 4.79. The van der Waals surface area contributed by atoms with Gasteiger partial charge in [-0.05, 0) is 24.3 Å². The lowest BCUT2D eigenvalue weighted by atomic mass is 10.1. The molecule has 13 heteroatoms. The third-order valence-electron chi connectivity index (χ3n) is 3.43. The molecule has 0 aliphatic carbocycles. The number of sulfonamides is 1. The van der Waals surface area contributed by atoms with Crippen molar-refractivity contribution in [2.24, 2.45) is 0 Å². The summed E-state index contributed by atoms with van der Waals surface area (Å²) in [5, 5.41) is 0. The van der Waals surface area contributed by atoms with Crippen molar-refractivity contribution in [2.75, 3.05) is 25.5 Å². The number of hydrogen-bond donors (Lipinski definition) is 1. The van der Waals surface area contributed by atoms with E-state index < -0.39 is 39.6 Å². The highest BCUT2D eigenvalue weighted by Gasteiger charge is 2.28. The minimum absolute atomic E-state index is 0.0996. The molecule has 1 N–H and O–H groups in total. The van der Waals surface area contributed by atoms with E-state index in [1.165, 1.54) is 0 Å². The van der Waals surface area contributed by atoms with Crippen LogP contribution in [0.3, 0.4) is 0 Å². The topological polar surface area (TPSA) is 121 Å². The number of hydrogen-bond acceptors (Lipinski definition) is 8. The normalized spacial score (nSPS) is 11.5. The molecular weight excluding hydrogens is 433 g/mol. The van der Waals surface area contributed by atoms with Crippen molar-refractivity contribution < 1.29 is 45.4 Å². The van der Waals surface area contributed by atoms with Gasteiger partial charge in [0.25, 0.3) is 10.0 Å². The third kappa shape index (κ3) is 6.07. The van der Waals surface area contributed by atoms with Gasteiger partial charge in [-0.3, -0.25) is 4.72 Å². The molecule has 0 fully saturated rings. The second kappa shape index (κ2) is 8.98. The molecule has 0 saturated carbocycles. The molecule has 1 aromatic carbocycles. The molecule has 0 amide bonds. The number of esters is 2. The highest BCUT2D eigenvalue weighted by atomic mass is 32.2. The summed E-state index contributed by atoms with van der Waals surface area (Å²) >= 11 is 0. The van der Waals surface area contributed by atoms with E-state index in [0.29, 0.717) is 0 Å². The zero-order chi connectivity index (χ0) is 22.5. The Kier molecular flexibility index (Phi) is 6.87. The Labute approximate surface area is 168 Å². The zero-order valence-corrected chi connectivity index (χ0v) is 16.3. The maximum Gasteiger partial charge on any atom is 0.422 e. The molecule has 0 unspecified atom stereocenters. The second-order valence-corrected chi connectivity index (χ2v) is 7.31. The summed E-state index contributed by atoms with van der Waals surface area (Å²) in [6, 6.07) is 5.23. The Morgan fingerprint density at radius 1 is 1.03 bits per heavy atom. The van der Waals surface area contributed by atoms with Crippen LogP contribution in [0, 0.1) is 0 Å². The smallest absolute Gasteiger partial charge is 0.422 e. The first-order valence-electron chi connectivity index (χ1n) is 7.95. The molecule has 30 heavy (non-hydrogen) atoms. The van der Waals surface area contributed by atoms with E-state index in [0.717, 1.165) is 50.7 Å². The number of nitrogens with zero attached hydrogens (tertiary/aromatic N) is 1. The number of benzene rings is 1. The Hall–Kier alpha value is -3.35. The Bertz CT molecular complexity index is 1000. The number of halogens is 3. The van der Waals surface area contributed by atoms with Crippen LogP contribution in [-0.4, -0.2) is 52.3 Å². The predicted octanol–water partition coefficient (Wildman–Crippen LogP) is 2.40. The minimum atomic E-state index is -4.55. The highest BCUT2D eigenvalue weighted by molar-refractivity contribution is 7.92. The van der Waals surface area contributed by atoms with Crippen LogP contribution >= 0.6 is 0 Å². The number of methoxy groups -OCH3 is 2. The fourth-order valence-electron chi connectivity index (χ4n) is 2.12. The van der Waals surface area contributed by atoms with Gasteiger partial charge in [0.1, 0.15) is 0 Å². The lowest BCUT2D eigenvalue weighted by Crippen LogP contribution is -2.19. The standard InChI is InChI=1S/C17H15F3N2O7S/c1-27-15(23)10-5-11(16(24)28-2)7-13(6-10)30(25,26)22-12-3-4-14(21-8-12)29-9-17(18,19)20/h3-8,22H,9H2,1-2H3. The summed E-state index contributed by atoms with van der Waals surface area (Å²) in [6.07, 6.45) is -3.61. The number of aromatic nitrogens is 1. The van der Waals surface area contributed by atoms with Gasteiger partial charge in [0.15, 0.2) is 6.61 Å². The van der Waals surface area contributed by atoms with Crippen molar-refractivity contribution in [2.45, 2.75) is 11.1 Å². The van der Waals surface area contributed by atoms with E-state index in [-0.39, 0.29) is 22.7 Å². The lowest BCUT2D eigenvalue weighted by molar-refractivity contribution is -0.154. The maximum atomic E-state index is 12.6. The van der Waals surface area contributed by atoms with E-state index in [1.54, 1.807) is 0 Å². The van der Waals surface area contributed by atoms with Crippen LogP contribution in [0.1, 0.15) is 20.7 Å². The summed E-state index contributed by atoms with van der Waals surface area (Å²) in [7, 11) is -2.16. The summed E-state index contributed by atoms with van der Waals surface area (Å²) in [5.41, 5.74) is -0.526. The fourth-order valence-corrected chi connectivity index (χ4v) is 3.23. The molecule has 0 aliphatic rings. The molecule has 0 spiro atoms. The molecule has 0 radical (unpaired) electrons. The fraction of sp³-hybridized carbons (Fsp3) is 0.235. The van der Waals surface area contributed by atoms with Gasteiger partial charge in [-0.2, -0.15) is 13.2 Å². The van der Waals surface area contributed by atoms with Crippen LogP contribution in [0.2, 0.25) is 0 Å². The monoisotopic (exact) mass is 448 g/mol. The van der Waals surface area contributed by atoms with Crippen molar-refractivity contribution in [3.8, 4) is 5.88 Å². The summed E-state index contributed by atoms with van der Waals surface area (Å²) in [6.45, 7) is -1.55. The highest BCUT2D eigenvalue weighted by Crippen LogP contribution is 2.22. The van der Waals surface area contributed by atoms with Gasteiger partial charge in [-0.1, -0.05) is 0 Å². The number of anilines is 1. The van der Waals surface area contributed by atoms with Crippen LogP contribution < -0.4 is 9.46 Å². The lowest BCUT2D eigenvalue weighted by Gasteiger charge is -2.12. The van der Waals surface area contributed by atoms with Crippen LogP contribution in [0.25, 0.3) is 0 Å². The molecule has 9 nitrogen and oxygen atoms in total. The van der Waals surface area contributed by atoms with E-state index in [1.807, 2.05) is 0 Å². The summed E-state index contributed by atoms with van der Waals surface area (Å²) in [4.78, 5) is 26.7. The first-order valence-corrected chi connectivity index (χ1v) is 9.43. The van der Waals surface area contributed by atoms with Gasteiger partial charge >= 0.3 is 18.1 Å². The number of rotatable bonds is 7. The quantitative estimate of drug-likeness (QED) is 0.641. The molecule has 0 saturated heterocycles. The van der Waals surface area contributed by atoms with E-state index >= 15 is 0 Å². The molecule has 0 aliphatic heterocycles. The largest absolute Gasteiger partial charge is 0.468 e. The van der Waals surface area contributed by atoms with Crippen LogP contribution in [0.5, 0.6) is 5.88 Å². The van der Waals surface area contributed by atoms with Crippen molar-refractivity contribution >= 4 is 27.6 Å². The van der Waals surface area contributed by atoms with E-state index in [2.05, 4.69) is 23.9 Å². The van der Waals surface area contributed by atoms with Crippen molar-refractivity contribution in [1.29, 1.82) is 0 Å². The first-order chi connectivity index (χ1) is 13.9. The first kappa shape index (κ1) is 22.9. The summed E-state index contributed by atoms with van der Waals surface area (Å²) in [5.74, 6) is -2.13.